The van der Waals surface area contributed by atoms with Gasteiger partial charge in [-0.3, -0.25) is 0 Å². The van der Waals surface area contributed by atoms with Crippen molar-refractivity contribution in [2.75, 3.05) is 26.8 Å². The molecule has 3 rings (SSSR count). The number of halogens is 1. The molecule has 0 aliphatic carbocycles. The summed E-state index contributed by atoms with van der Waals surface area (Å²) in [5.74, 6) is 1.65. The second kappa shape index (κ2) is 7.83. The Kier molecular flexibility index (Phi) is 5.56. The van der Waals surface area contributed by atoms with Crippen molar-refractivity contribution in [1.29, 1.82) is 0 Å². The van der Waals surface area contributed by atoms with Gasteiger partial charge in [0, 0.05) is 23.1 Å². The van der Waals surface area contributed by atoms with Crippen molar-refractivity contribution in [2.24, 2.45) is 0 Å². The molecule has 4 nitrogen and oxygen atoms in total. The first kappa shape index (κ1) is 17.0. The van der Waals surface area contributed by atoms with E-state index in [9.17, 15) is 5.11 Å². The topological polar surface area (TPSA) is 50.7 Å². The molecule has 1 heterocycles. The Morgan fingerprint density at radius 2 is 2.17 bits per heavy atom. The summed E-state index contributed by atoms with van der Waals surface area (Å²) in [5.41, 5.74) is 3.06. The van der Waals surface area contributed by atoms with Crippen LogP contribution in [0.1, 0.15) is 17.2 Å². The van der Waals surface area contributed by atoms with Gasteiger partial charge in [0.25, 0.3) is 0 Å². The summed E-state index contributed by atoms with van der Waals surface area (Å²) >= 11 is 3.48. The average Bonchev–Trinajstić information content (AvgIpc) is 2.61. The van der Waals surface area contributed by atoms with Gasteiger partial charge in [-0.05, 0) is 47.5 Å². The number of hydrogen-bond acceptors (Lipinski definition) is 4. The maximum atomic E-state index is 10.3. The summed E-state index contributed by atoms with van der Waals surface area (Å²) in [4.78, 5) is 0. The zero-order valence-corrected chi connectivity index (χ0v) is 15.0. The van der Waals surface area contributed by atoms with Crippen molar-refractivity contribution in [2.45, 2.75) is 6.10 Å². The molecule has 2 aromatic rings. The van der Waals surface area contributed by atoms with Gasteiger partial charge in [0.1, 0.15) is 18.1 Å². The minimum Gasteiger partial charge on any atom is -0.497 e. The van der Waals surface area contributed by atoms with Gasteiger partial charge in [0.15, 0.2) is 0 Å². The first-order chi connectivity index (χ1) is 11.7. The van der Waals surface area contributed by atoms with Crippen LogP contribution in [0.25, 0.3) is 6.08 Å². The van der Waals surface area contributed by atoms with Crippen molar-refractivity contribution in [1.82, 2.24) is 5.32 Å². The molecule has 0 saturated heterocycles. The maximum absolute atomic E-state index is 10.3. The van der Waals surface area contributed by atoms with Gasteiger partial charge in [0.2, 0.25) is 0 Å². The van der Waals surface area contributed by atoms with Gasteiger partial charge < -0.3 is 19.9 Å². The molecule has 0 aromatic heterocycles. The van der Waals surface area contributed by atoms with E-state index in [2.05, 4.69) is 27.3 Å². The lowest BCUT2D eigenvalue weighted by atomic mass is 10.1. The summed E-state index contributed by atoms with van der Waals surface area (Å²) in [5, 5.41) is 13.6. The van der Waals surface area contributed by atoms with E-state index in [0.29, 0.717) is 19.7 Å². The smallest absolute Gasteiger partial charge is 0.127 e. The number of benzene rings is 2. The van der Waals surface area contributed by atoms with Gasteiger partial charge in [0.05, 0.1) is 13.2 Å². The maximum Gasteiger partial charge on any atom is 0.127 e. The molecule has 5 heteroatoms. The van der Waals surface area contributed by atoms with Gasteiger partial charge >= 0.3 is 0 Å². The van der Waals surface area contributed by atoms with Crippen LogP contribution in [0.3, 0.4) is 0 Å². The first-order valence-corrected chi connectivity index (χ1v) is 8.59. The SMILES string of the molecule is COc1cccc(C(O)CNCC2=Cc3cc(Br)ccc3OC2)c1. The number of aliphatic hydroxyl groups is 1. The molecule has 1 atom stereocenters. The van der Waals surface area contributed by atoms with Crippen LogP contribution in [-0.4, -0.2) is 31.9 Å². The lowest BCUT2D eigenvalue weighted by Gasteiger charge is -2.19. The van der Waals surface area contributed by atoms with Crippen LogP contribution in [0.2, 0.25) is 0 Å². The van der Waals surface area contributed by atoms with E-state index in [0.717, 1.165) is 32.7 Å². The summed E-state index contributed by atoms with van der Waals surface area (Å²) in [7, 11) is 1.62. The Balaban J connectivity index is 1.56. The van der Waals surface area contributed by atoms with Crippen molar-refractivity contribution >= 4 is 22.0 Å². The normalized spacial score (nSPS) is 14.4. The fourth-order valence-corrected chi connectivity index (χ4v) is 3.01. The van der Waals surface area contributed by atoms with Crippen LogP contribution in [0, 0.1) is 0 Å². The Labute approximate surface area is 150 Å². The van der Waals surface area contributed by atoms with E-state index < -0.39 is 6.10 Å². The second-order valence-electron chi connectivity index (χ2n) is 5.70. The zero-order chi connectivity index (χ0) is 16.9. The molecule has 24 heavy (non-hydrogen) atoms. The van der Waals surface area contributed by atoms with Crippen LogP contribution in [0.4, 0.5) is 0 Å². The van der Waals surface area contributed by atoms with Gasteiger partial charge in [-0.15, -0.1) is 0 Å². The molecule has 0 saturated carbocycles. The van der Waals surface area contributed by atoms with E-state index in [4.69, 9.17) is 9.47 Å². The highest BCUT2D eigenvalue weighted by Crippen LogP contribution is 2.29. The van der Waals surface area contributed by atoms with E-state index in [-0.39, 0.29) is 0 Å². The molecule has 1 aliphatic heterocycles. The quantitative estimate of drug-likeness (QED) is 0.792. The molecule has 1 unspecified atom stereocenters. The highest BCUT2D eigenvalue weighted by Gasteiger charge is 2.13. The third-order valence-corrected chi connectivity index (χ3v) is 4.41. The molecule has 2 aromatic carbocycles. The Bertz CT molecular complexity index is 745. The molecule has 0 amide bonds. The van der Waals surface area contributed by atoms with Crippen LogP contribution in [0.15, 0.2) is 52.5 Å². The molecule has 126 valence electrons. The molecule has 2 N–H and O–H groups in total. The number of hydrogen-bond donors (Lipinski definition) is 2. The third kappa shape index (κ3) is 4.17. The lowest BCUT2D eigenvalue weighted by molar-refractivity contribution is 0.175. The zero-order valence-electron chi connectivity index (χ0n) is 13.5. The predicted molar refractivity (Wildman–Crippen MR) is 98.4 cm³/mol. The van der Waals surface area contributed by atoms with Crippen molar-refractivity contribution in [3.63, 3.8) is 0 Å². The van der Waals surface area contributed by atoms with Gasteiger partial charge in [-0.1, -0.05) is 28.1 Å². The number of methoxy groups -OCH3 is 1. The minimum absolute atomic E-state index is 0.468. The molecule has 0 bridgehead atoms. The van der Waals surface area contributed by atoms with Crippen LogP contribution in [-0.2, 0) is 0 Å². The average molecular weight is 390 g/mol. The predicted octanol–water partition coefficient (Wildman–Crippen LogP) is 3.56. The van der Waals surface area contributed by atoms with E-state index in [1.54, 1.807) is 7.11 Å². The summed E-state index contributed by atoms with van der Waals surface area (Å²) in [6, 6.07) is 13.5. The standard InChI is InChI=1S/C19H20BrNO3/c1-23-17-4-2-3-14(9-17)18(22)11-21-10-13-7-15-8-16(20)5-6-19(15)24-12-13/h2-9,18,21-22H,10-12H2,1H3. The largest absolute Gasteiger partial charge is 0.497 e. The molecule has 0 spiro atoms. The minimum atomic E-state index is -0.577. The van der Waals surface area contributed by atoms with E-state index in [1.807, 2.05) is 42.5 Å². The van der Waals surface area contributed by atoms with Crippen molar-refractivity contribution < 1.29 is 14.6 Å². The fraction of sp³-hybridized carbons (Fsp3) is 0.263. The summed E-state index contributed by atoms with van der Waals surface area (Å²) in [6.45, 7) is 1.71. The summed E-state index contributed by atoms with van der Waals surface area (Å²) < 4.78 is 12.0. The first-order valence-electron chi connectivity index (χ1n) is 7.80. The Morgan fingerprint density at radius 3 is 3.00 bits per heavy atom. The number of aliphatic hydroxyl groups excluding tert-OH is 1. The fourth-order valence-electron chi connectivity index (χ4n) is 2.63. The Hall–Kier alpha value is -1.82. The number of fused-ring (bicyclic) bond motifs is 1. The van der Waals surface area contributed by atoms with Gasteiger partial charge in [-0.25, -0.2) is 0 Å². The number of ether oxygens (including phenoxy) is 2. The highest BCUT2D eigenvalue weighted by molar-refractivity contribution is 9.10. The molecule has 0 radical (unpaired) electrons. The highest BCUT2D eigenvalue weighted by atomic mass is 79.9. The lowest BCUT2D eigenvalue weighted by Crippen LogP contribution is -2.26. The Morgan fingerprint density at radius 1 is 1.29 bits per heavy atom. The van der Waals surface area contributed by atoms with Crippen LogP contribution in [0.5, 0.6) is 11.5 Å². The molecular weight excluding hydrogens is 370 g/mol. The molecular formula is C19H20BrNO3. The van der Waals surface area contributed by atoms with Crippen LogP contribution < -0.4 is 14.8 Å². The van der Waals surface area contributed by atoms with Gasteiger partial charge in [-0.2, -0.15) is 0 Å². The van der Waals surface area contributed by atoms with Crippen molar-refractivity contribution in [3.8, 4) is 11.5 Å². The van der Waals surface area contributed by atoms with E-state index >= 15 is 0 Å². The molecule has 1 aliphatic rings. The third-order valence-electron chi connectivity index (χ3n) is 3.91. The van der Waals surface area contributed by atoms with Crippen molar-refractivity contribution in [3.05, 3.63) is 63.6 Å². The second-order valence-corrected chi connectivity index (χ2v) is 6.61. The van der Waals surface area contributed by atoms with E-state index in [1.165, 1.54) is 0 Å². The monoisotopic (exact) mass is 389 g/mol. The summed E-state index contributed by atoms with van der Waals surface area (Å²) in [6.07, 6.45) is 1.56. The number of nitrogens with one attached hydrogen (secondary N) is 1. The van der Waals surface area contributed by atoms with Crippen LogP contribution >= 0.6 is 15.9 Å². The number of rotatable bonds is 6. The molecule has 0 fully saturated rings.